The van der Waals surface area contributed by atoms with E-state index in [2.05, 4.69) is 53.4 Å². The summed E-state index contributed by atoms with van der Waals surface area (Å²) in [7, 11) is 0. The van der Waals surface area contributed by atoms with Gasteiger partial charge in [0.2, 0.25) is 11.8 Å². The number of aromatic nitrogens is 2. The summed E-state index contributed by atoms with van der Waals surface area (Å²) in [6.45, 7) is 3.63. The maximum Gasteiger partial charge on any atom is 0.231 e. The van der Waals surface area contributed by atoms with Crippen LogP contribution in [0.5, 0.6) is 0 Å². The third kappa shape index (κ3) is 5.02. The highest BCUT2D eigenvalue weighted by Gasteiger charge is 2.37. The van der Waals surface area contributed by atoms with Crippen molar-refractivity contribution in [3.05, 3.63) is 83.0 Å². The Kier molecular flexibility index (Phi) is 6.56. The van der Waals surface area contributed by atoms with Crippen LogP contribution in [0.3, 0.4) is 0 Å². The summed E-state index contributed by atoms with van der Waals surface area (Å²) in [5, 5.41) is 4.26. The first-order valence-electron chi connectivity index (χ1n) is 12.4. The summed E-state index contributed by atoms with van der Waals surface area (Å²) in [6.07, 6.45) is 7.00. The molecule has 0 spiro atoms. The highest BCUT2D eigenvalue weighted by atomic mass is 16.5. The standard InChI is InChI=1S/C28H33N3O2/c1-2-20-12-14-22(15-13-20)24-17-25(19-31(18-24)28(32)23-10-6-7-11-23)27-29-26(30-33-27)16-21-8-4-3-5-9-21/h3-5,8-9,12-15,23-25H,2,6-7,10-11,16-19H2,1H3. The van der Waals surface area contributed by atoms with E-state index in [0.717, 1.165) is 32.2 Å². The fourth-order valence-electron chi connectivity index (χ4n) is 5.44. The molecule has 33 heavy (non-hydrogen) atoms. The molecule has 2 fully saturated rings. The topological polar surface area (TPSA) is 59.2 Å². The van der Waals surface area contributed by atoms with Gasteiger partial charge in [0.15, 0.2) is 5.82 Å². The lowest BCUT2D eigenvalue weighted by Crippen LogP contribution is -2.44. The minimum absolute atomic E-state index is 0.0666. The van der Waals surface area contributed by atoms with Gasteiger partial charge < -0.3 is 9.42 Å². The molecule has 172 valence electrons. The molecule has 0 N–H and O–H groups in total. The molecular formula is C28H33N3O2. The summed E-state index contributed by atoms with van der Waals surface area (Å²) in [5.41, 5.74) is 3.80. The van der Waals surface area contributed by atoms with Crippen LogP contribution < -0.4 is 0 Å². The van der Waals surface area contributed by atoms with Crippen molar-refractivity contribution in [3.63, 3.8) is 0 Å². The van der Waals surface area contributed by atoms with Crippen LogP contribution in [0.1, 0.15) is 79.3 Å². The first-order valence-corrected chi connectivity index (χ1v) is 12.4. The van der Waals surface area contributed by atoms with Gasteiger partial charge >= 0.3 is 0 Å². The smallest absolute Gasteiger partial charge is 0.231 e. The Morgan fingerprint density at radius 2 is 1.70 bits per heavy atom. The third-order valence-electron chi connectivity index (χ3n) is 7.36. The Hall–Kier alpha value is -2.95. The molecule has 2 atom stereocenters. The minimum atomic E-state index is 0.0666. The molecule has 3 aromatic rings. The van der Waals surface area contributed by atoms with E-state index in [1.54, 1.807) is 0 Å². The zero-order valence-corrected chi connectivity index (χ0v) is 19.5. The molecule has 5 nitrogen and oxygen atoms in total. The van der Waals surface area contributed by atoms with Crippen LogP contribution in [0.2, 0.25) is 0 Å². The monoisotopic (exact) mass is 443 g/mol. The van der Waals surface area contributed by atoms with Gasteiger partial charge in [-0.1, -0.05) is 79.5 Å². The molecule has 0 radical (unpaired) electrons. The van der Waals surface area contributed by atoms with Crippen LogP contribution in [-0.4, -0.2) is 34.0 Å². The zero-order chi connectivity index (χ0) is 22.6. The number of aryl methyl sites for hydroxylation is 1. The number of benzene rings is 2. The maximum absolute atomic E-state index is 13.4. The number of piperidine rings is 1. The number of rotatable bonds is 6. The molecule has 2 aliphatic rings. The van der Waals surface area contributed by atoms with Gasteiger partial charge in [-0.15, -0.1) is 0 Å². The van der Waals surface area contributed by atoms with Crippen LogP contribution in [0, 0.1) is 5.92 Å². The fraction of sp³-hybridized carbons (Fsp3) is 0.464. The van der Waals surface area contributed by atoms with E-state index in [1.807, 2.05) is 18.2 Å². The average molecular weight is 444 g/mol. The predicted octanol–water partition coefficient (Wildman–Crippen LogP) is 5.51. The summed E-state index contributed by atoms with van der Waals surface area (Å²) >= 11 is 0. The molecule has 1 aromatic heterocycles. The molecule has 2 heterocycles. The lowest BCUT2D eigenvalue weighted by Gasteiger charge is -2.38. The number of carbonyl (C=O) groups excluding carboxylic acids is 1. The van der Waals surface area contributed by atoms with Gasteiger partial charge in [0, 0.05) is 31.3 Å². The van der Waals surface area contributed by atoms with Gasteiger partial charge in [0.25, 0.3) is 0 Å². The second-order valence-corrected chi connectivity index (χ2v) is 9.66. The molecule has 1 saturated carbocycles. The van der Waals surface area contributed by atoms with E-state index in [-0.39, 0.29) is 17.8 Å². The SMILES string of the molecule is CCc1ccc(C2CC(c3nc(Cc4ccccc4)no3)CN(C(=O)C3CCCC3)C2)cc1. The largest absolute Gasteiger partial charge is 0.341 e. The normalized spacial score (nSPS) is 21.4. The van der Waals surface area contributed by atoms with Gasteiger partial charge in [0.05, 0.1) is 5.92 Å². The van der Waals surface area contributed by atoms with Crippen LogP contribution in [0.15, 0.2) is 59.1 Å². The quantitative estimate of drug-likeness (QED) is 0.504. The zero-order valence-electron chi connectivity index (χ0n) is 19.5. The van der Waals surface area contributed by atoms with Crippen molar-refractivity contribution in [1.82, 2.24) is 15.0 Å². The third-order valence-corrected chi connectivity index (χ3v) is 7.36. The molecule has 1 saturated heterocycles. The van der Waals surface area contributed by atoms with E-state index >= 15 is 0 Å². The van der Waals surface area contributed by atoms with Crippen molar-refractivity contribution in [2.75, 3.05) is 13.1 Å². The molecule has 5 rings (SSSR count). The second-order valence-electron chi connectivity index (χ2n) is 9.66. The van der Waals surface area contributed by atoms with Crippen molar-refractivity contribution in [2.24, 2.45) is 5.92 Å². The van der Waals surface area contributed by atoms with Crippen LogP contribution >= 0.6 is 0 Å². The van der Waals surface area contributed by atoms with Crippen molar-refractivity contribution >= 4 is 5.91 Å². The number of likely N-dealkylation sites (tertiary alicyclic amines) is 1. The first-order chi connectivity index (χ1) is 16.2. The Morgan fingerprint density at radius 1 is 0.970 bits per heavy atom. The van der Waals surface area contributed by atoms with Gasteiger partial charge in [0.1, 0.15) is 0 Å². The minimum Gasteiger partial charge on any atom is -0.341 e. The molecule has 1 amide bonds. The average Bonchev–Trinajstić information content (AvgIpc) is 3.57. The molecule has 2 unspecified atom stereocenters. The Labute approximate surface area is 196 Å². The van der Waals surface area contributed by atoms with Crippen molar-refractivity contribution in [3.8, 4) is 0 Å². The van der Waals surface area contributed by atoms with E-state index < -0.39 is 0 Å². The van der Waals surface area contributed by atoms with Crippen LogP contribution in [-0.2, 0) is 17.6 Å². The number of hydrogen-bond acceptors (Lipinski definition) is 4. The van der Waals surface area contributed by atoms with Crippen molar-refractivity contribution < 1.29 is 9.32 Å². The molecule has 0 bridgehead atoms. The van der Waals surface area contributed by atoms with Gasteiger partial charge in [-0.05, 0) is 42.4 Å². The maximum atomic E-state index is 13.4. The van der Waals surface area contributed by atoms with Gasteiger partial charge in [-0.25, -0.2) is 0 Å². The number of amides is 1. The summed E-state index contributed by atoms with van der Waals surface area (Å²) in [5.74, 6) is 2.22. The number of carbonyl (C=O) groups is 1. The second kappa shape index (κ2) is 9.90. The van der Waals surface area contributed by atoms with Crippen LogP contribution in [0.4, 0.5) is 0 Å². The lowest BCUT2D eigenvalue weighted by atomic mass is 9.83. The summed E-state index contributed by atoms with van der Waals surface area (Å²) < 4.78 is 5.75. The number of nitrogens with zero attached hydrogens (tertiary/aromatic N) is 3. The Morgan fingerprint density at radius 3 is 2.42 bits per heavy atom. The summed E-state index contributed by atoms with van der Waals surface area (Å²) in [6, 6.07) is 19.1. The van der Waals surface area contributed by atoms with Gasteiger partial charge in [-0.3, -0.25) is 4.79 Å². The first kappa shape index (κ1) is 21.9. The summed E-state index contributed by atoms with van der Waals surface area (Å²) in [4.78, 5) is 20.2. The van der Waals surface area contributed by atoms with Gasteiger partial charge in [-0.2, -0.15) is 4.98 Å². The lowest BCUT2D eigenvalue weighted by molar-refractivity contribution is -0.137. The van der Waals surface area contributed by atoms with Crippen LogP contribution in [0.25, 0.3) is 0 Å². The number of hydrogen-bond donors (Lipinski definition) is 0. The van der Waals surface area contributed by atoms with E-state index in [9.17, 15) is 4.79 Å². The fourth-order valence-corrected chi connectivity index (χ4v) is 5.44. The highest BCUT2D eigenvalue weighted by Crippen LogP contribution is 2.37. The molecular weight excluding hydrogens is 410 g/mol. The molecule has 5 heteroatoms. The molecule has 1 aliphatic heterocycles. The molecule has 1 aliphatic carbocycles. The van der Waals surface area contributed by atoms with Crippen molar-refractivity contribution in [1.29, 1.82) is 0 Å². The highest BCUT2D eigenvalue weighted by molar-refractivity contribution is 5.79. The predicted molar refractivity (Wildman–Crippen MR) is 128 cm³/mol. The Balaban J connectivity index is 1.37. The van der Waals surface area contributed by atoms with E-state index in [1.165, 1.54) is 29.5 Å². The van der Waals surface area contributed by atoms with E-state index in [0.29, 0.717) is 30.6 Å². The van der Waals surface area contributed by atoms with E-state index in [4.69, 9.17) is 9.51 Å². The Bertz CT molecular complexity index is 1050. The van der Waals surface area contributed by atoms with Crippen molar-refractivity contribution in [2.45, 2.75) is 63.7 Å². The molecule has 2 aromatic carbocycles.